The van der Waals surface area contributed by atoms with E-state index in [1.165, 1.54) is 24.8 Å². The zero-order chi connectivity index (χ0) is 11.8. The van der Waals surface area contributed by atoms with E-state index in [-0.39, 0.29) is 11.9 Å². The number of carbonyl (C=O) groups excluding carboxylic acids is 1. The maximum absolute atomic E-state index is 11.5. The Kier molecular flexibility index (Phi) is 5.86. The maximum atomic E-state index is 11.5. The second-order valence-corrected chi connectivity index (χ2v) is 4.21. The summed E-state index contributed by atoms with van der Waals surface area (Å²) in [6, 6.07) is -0.123. The predicted octanol–water partition coefficient (Wildman–Crippen LogP) is 1.77. The van der Waals surface area contributed by atoms with Crippen molar-refractivity contribution in [1.29, 1.82) is 0 Å². The molecule has 1 amide bonds. The summed E-state index contributed by atoms with van der Waals surface area (Å²) < 4.78 is 0. The first kappa shape index (κ1) is 13.0. The molecule has 0 fully saturated rings. The van der Waals surface area contributed by atoms with Crippen molar-refractivity contribution in [2.75, 3.05) is 13.1 Å². The lowest BCUT2D eigenvalue weighted by Crippen LogP contribution is -2.42. The van der Waals surface area contributed by atoms with Gasteiger partial charge in [0.1, 0.15) is 0 Å². The molecule has 0 bridgehead atoms. The van der Waals surface area contributed by atoms with Gasteiger partial charge in [-0.15, -0.1) is 6.58 Å². The molecule has 0 saturated carbocycles. The third kappa shape index (κ3) is 4.62. The van der Waals surface area contributed by atoms with Crippen molar-refractivity contribution in [2.45, 2.75) is 38.6 Å². The van der Waals surface area contributed by atoms with Gasteiger partial charge in [-0.25, -0.2) is 0 Å². The fourth-order valence-electron chi connectivity index (χ4n) is 1.83. The molecule has 0 aromatic heterocycles. The van der Waals surface area contributed by atoms with E-state index in [1.807, 2.05) is 6.92 Å². The number of hydrogen-bond acceptors (Lipinski definition) is 2. The number of nitrogens with one attached hydrogen (secondary N) is 2. The molecular formula is C13H22N2O. The number of allylic oxidation sites excluding steroid dienone is 1. The van der Waals surface area contributed by atoms with Gasteiger partial charge in [0.05, 0.1) is 6.04 Å². The highest BCUT2D eigenvalue weighted by molar-refractivity contribution is 5.81. The van der Waals surface area contributed by atoms with Crippen LogP contribution in [0.3, 0.4) is 0 Å². The van der Waals surface area contributed by atoms with Gasteiger partial charge in [-0.3, -0.25) is 4.79 Å². The molecule has 90 valence electrons. The van der Waals surface area contributed by atoms with Crippen LogP contribution < -0.4 is 10.6 Å². The van der Waals surface area contributed by atoms with Crippen LogP contribution in [-0.4, -0.2) is 25.0 Å². The third-order valence-electron chi connectivity index (χ3n) is 2.85. The van der Waals surface area contributed by atoms with E-state index in [2.05, 4.69) is 23.3 Å². The van der Waals surface area contributed by atoms with Crippen LogP contribution in [0.1, 0.15) is 32.6 Å². The molecule has 0 spiro atoms. The third-order valence-corrected chi connectivity index (χ3v) is 2.85. The number of carbonyl (C=O) groups is 1. The van der Waals surface area contributed by atoms with E-state index in [4.69, 9.17) is 0 Å². The largest absolute Gasteiger partial charge is 0.351 e. The minimum atomic E-state index is -0.123. The van der Waals surface area contributed by atoms with Gasteiger partial charge in [0.2, 0.25) is 5.91 Å². The minimum absolute atomic E-state index is 0.0419. The number of rotatable bonds is 7. The average molecular weight is 222 g/mol. The first-order valence-electron chi connectivity index (χ1n) is 6.04. The molecule has 1 atom stereocenters. The highest BCUT2D eigenvalue weighted by Gasteiger charge is 2.11. The molecule has 3 heteroatoms. The first-order valence-corrected chi connectivity index (χ1v) is 6.04. The monoisotopic (exact) mass is 222 g/mol. The van der Waals surface area contributed by atoms with Crippen molar-refractivity contribution in [2.24, 2.45) is 0 Å². The van der Waals surface area contributed by atoms with Gasteiger partial charge in [-0.1, -0.05) is 17.7 Å². The fraction of sp³-hybridized carbons (Fsp3) is 0.615. The lowest BCUT2D eigenvalue weighted by atomic mass is 10.1. The van der Waals surface area contributed by atoms with Crippen molar-refractivity contribution in [1.82, 2.24) is 10.6 Å². The van der Waals surface area contributed by atoms with Crippen LogP contribution in [0.25, 0.3) is 0 Å². The molecular weight excluding hydrogens is 200 g/mol. The lowest BCUT2D eigenvalue weighted by molar-refractivity contribution is -0.122. The van der Waals surface area contributed by atoms with E-state index in [0.717, 1.165) is 13.0 Å². The van der Waals surface area contributed by atoms with Crippen LogP contribution in [0.15, 0.2) is 24.3 Å². The predicted molar refractivity (Wildman–Crippen MR) is 67.2 cm³/mol. The van der Waals surface area contributed by atoms with Gasteiger partial charge in [-0.05, 0) is 39.2 Å². The molecule has 1 rings (SSSR count). The number of hydrogen-bond donors (Lipinski definition) is 2. The summed E-state index contributed by atoms with van der Waals surface area (Å²) in [5.74, 6) is 0.0419. The van der Waals surface area contributed by atoms with Crippen LogP contribution in [0.5, 0.6) is 0 Å². The molecule has 16 heavy (non-hydrogen) atoms. The maximum Gasteiger partial charge on any atom is 0.237 e. The molecule has 0 aromatic rings. The summed E-state index contributed by atoms with van der Waals surface area (Å²) in [5.41, 5.74) is 1.53. The Hall–Kier alpha value is -1.09. The Morgan fingerprint density at radius 1 is 1.69 bits per heavy atom. The second-order valence-electron chi connectivity index (χ2n) is 4.21. The summed E-state index contributed by atoms with van der Waals surface area (Å²) in [6.45, 7) is 6.88. The lowest BCUT2D eigenvalue weighted by Gasteiger charge is -2.13. The van der Waals surface area contributed by atoms with Crippen LogP contribution >= 0.6 is 0 Å². The van der Waals surface area contributed by atoms with Crippen molar-refractivity contribution in [3.63, 3.8) is 0 Å². The second kappa shape index (κ2) is 7.23. The van der Waals surface area contributed by atoms with Crippen LogP contribution in [0.2, 0.25) is 0 Å². The van der Waals surface area contributed by atoms with Crippen molar-refractivity contribution < 1.29 is 4.79 Å². The van der Waals surface area contributed by atoms with E-state index < -0.39 is 0 Å². The Morgan fingerprint density at radius 2 is 2.50 bits per heavy atom. The topological polar surface area (TPSA) is 41.1 Å². The van der Waals surface area contributed by atoms with E-state index >= 15 is 0 Å². The fourth-order valence-corrected chi connectivity index (χ4v) is 1.83. The van der Waals surface area contributed by atoms with Crippen LogP contribution in [0.4, 0.5) is 0 Å². The van der Waals surface area contributed by atoms with Crippen molar-refractivity contribution >= 4 is 5.91 Å². The highest BCUT2D eigenvalue weighted by atomic mass is 16.2. The molecule has 0 saturated heterocycles. The molecule has 0 aliphatic heterocycles. The summed E-state index contributed by atoms with van der Waals surface area (Å²) in [7, 11) is 0. The van der Waals surface area contributed by atoms with Gasteiger partial charge < -0.3 is 10.6 Å². The Labute approximate surface area is 98.0 Å². The molecule has 2 N–H and O–H groups in total. The molecule has 0 aromatic carbocycles. The smallest absolute Gasteiger partial charge is 0.237 e. The van der Waals surface area contributed by atoms with E-state index in [0.29, 0.717) is 6.54 Å². The SMILES string of the molecule is C=CCNC(=O)C(C)NCCC1=CCCC1. The van der Waals surface area contributed by atoms with Gasteiger partial charge in [0, 0.05) is 6.54 Å². The summed E-state index contributed by atoms with van der Waals surface area (Å²) in [5, 5.41) is 6.01. The quantitative estimate of drug-likeness (QED) is 0.645. The van der Waals surface area contributed by atoms with Gasteiger partial charge in [-0.2, -0.15) is 0 Å². The molecule has 1 aliphatic carbocycles. The summed E-state index contributed by atoms with van der Waals surface area (Å²) >= 11 is 0. The average Bonchev–Trinajstić information content (AvgIpc) is 2.78. The Morgan fingerprint density at radius 3 is 3.12 bits per heavy atom. The van der Waals surface area contributed by atoms with Gasteiger partial charge in [0.15, 0.2) is 0 Å². The molecule has 1 unspecified atom stereocenters. The first-order chi connectivity index (χ1) is 7.74. The zero-order valence-corrected chi connectivity index (χ0v) is 10.1. The van der Waals surface area contributed by atoms with Crippen molar-refractivity contribution in [3.8, 4) is 0 Å². The molecule has 0 heterocycles. The zero-order valence-electron chi connectivity index (χ0n) is 10.1. The normalized spacial score (nSPS) is 16.7. The Balaban J connectivity index is 2.11. The summed E-state index contributed by atoms with van der Waals surface area (Å²) in [6.07, 6.45) is 8.84. The highest BCUT2D eigenvalue weighted by Crippen LogP contribution is 2.19. The van der Waals surface area contributed by atoms with E-state index in [1.54, 1.807) is 6.08 Å². The van der Waals surface area contributed by atoms with Gasteiger partial charge in [0.25, 0.3) is 0 Å². The standard InChI is InChI=1S/C13H22N2O/c1-3-9-15-13(16)11(2)14-10-8-12-6-4-5-7-12/h3,6,11,14H,1,4-5,7-10H2,2H3,(H,15,16). The van der Waals surface area contributed by atoms with Gasteiger partial charge >= 0.3 is 0 Å². The summed E-state index contributed by atoms with van der Waals surface area (Å²) in [4.78, 5) is 11.5. The molecule has 0 radical (unpaired) electrons. The van der Waals surface area contributed by atoms with E-state index in [9.17, 15) is 4.79 Å². The minimum Gasteiger partial charge on any atom is -0.351 e. The molecule has 3 nitrogen and oxygen atoms in total. The Bertz CT molecular complexity index is 271. The van der Waals surface area contributed by atoms with Crippen LogP contribution in [0, 0.1) is 0 Å². The molecule has 1 aliphatic rings. The van der Waals surface area contributed by atoms with Crippen LogP contribution in [-0.2, 0) is 4.79 Å². The number of amides is 1. The van der Waals surface area contributed by atoms with Crippen molar-refractivity contribution in [3.05, 3.63) is 24.3 Å².